The third kappa shape index (κ3) is 4.00. The highest BCUT2D eigenvalue weighted by Gasteiger charge is 2.17. The van der Waals surface area contributed by atoms with E-state index in [2.05, 4.69) is 32.9 Å². The number of rotatable bonds is 4. The highest BCUT2D eigenvalue weighted by atomic mass is 32.2. The van der Waals surface area contributed by atoms with E-state index in [-0.39, 0.29) is 6.10 Å². The molecule has 0 heterocycles. The van der Waals surface area contributed by atoms with Gasteiger partial charge in [0.05, 0.1) is 6.10 Å². The first kappa shape index (κ1) is 14.9. The summed E-state index contributed by atoms with van der Waals surface area (Å²) in [5.74, 6) is 0.841. The lowest BCUT2D eigenvalue weighted by atomic mass is 9.98. The van der Waals surface area contributed by atoms with Crippen LogP contribution in [-0.2, 0) is 0 Å². The molecule has 0 saturated heterocycles. The summed E-state index contributed by atoms with van der Waals surface area (Å²) in [5.41, 5.74) is 4.93. The maximum Gasteiger partial charge on any atom is 0.0883 e. The molecule has 1 atom stereocenters. The number of hydrogen-bond acceptors (Lipinski definition) is 2. The fourth-order valence-corrected chi connectivity index (χ4v) is 4.19. The van der Waals surface area contributed by atoms with Crippen LogP contribution in [0.1, 0.15) is 60.5 Å². The quantitative estimate of drug-likeness (QED) is 0.860. The van der Waals surface area contributed by atoms with Crippen LogP contribution in [0.5, 0.6) is 0 Å². The number of aryl methyl sites for hydroxylation is 3. The Balaban J connectivity index is 1.95. The number of hydrogen-bond donors (Lipinski definition) is 1. The van der Waals surface area contributed by atoms with Gasteiger partial charge < -0.3 is 5.11 Å². The average Bonchev–Trinajstić information content (AvgIpc) is 2.41. The molecule has 0 aliphatic heterocycles. The van der Waals surface area contributed by atoms with Crippen molar-refractivity contribution < 1.29 is 5.11 Å². The molecule has 0 aromatic heterocycles. The molecule has 106 valence electrons. The minimum atomic E-state index is -0.314. The summed E-state index contributed by atoms with van der Waals surface area (Å²) in [6.07, 6.45) is 6.50. The van der Waals surface area contributed by atoms with Crippen molar-refractivity contribution in [2.45, 2.75) is 64.2 Å². The Morgan fingerprint density at radius 3 is 2.37 bits per heavy atom. The van der Waals surface area contributed by atoms with Crippen LogP contribution in [0.15, 0.2) is 12.1 Å². The van der Waals surface area contributed by atoms with Gasteiger partial charge in [0.2, 0.25) is 0 Å². The molecule has 1 aliphatic carbocycles. The molecule has 1 unspecified atom stereocenters. The van der Waals surface area contributed by atoms with Crippen LogP contribution in [0.4, 0.5) is 0 Å². The van der Waals surface area contributed by atoms with Crippen molar-refractivity contribution in [3.05, 3.63) is 34.4 Å². The summed E-state index contributed by atoms with van der Waals surface area (Å²) in [4.78, 5) is 0. The van der Waals surface area contributed by atoms with Crippen LogP contribution in [0.25, 0.3) is 0 Å². The normalized spacial score (nSPS) is 18.5. The molecule has 1 aromatic carbocycles. The second-order valence-corrected chi connectivity index (χ2v) is 7.24. The third-order valence-corrected chi connectivity index (χ3v) is 5.73. The van der Waals surface area contributed by atoms with E-state index in [1.165, 1.54) is 48.8 Å². The first-order valence-electron chi connectivity index (χ1n) is 7.45. The molecular weight excluding hydrogens is 252 g/mol. The van der Waals surface area contributed by atoms with Crippen molar-refractivity contribution >= 4 is 11.8 Å². The van der Waals surface area contributed by atoms with E-state index < -0.39 is 0 Å². The summed E-state index contributed by atoms with van der Waals surface area (Å²) < 4.78 is 0. The fraction of sp³-hybridized carbons (Fsp3) is 0.647. The van der Waals surface area contributed by atoms with Crippen molar-refractivity contribution in [1.82, 2.24) is 0 Å². The van der Waals surface area contributed by atoms with Gasteiger partial charge in [0.25, 0.3) is 0 Å². The van der Waals surface area contributed by atoms with Gasteiger partial charge in [0.1, 0.15) is 0 Å². The van der Waals surface area contributed by atoms with Crippen LogP contribution in [-0.4, -0.2) is 16.1 Å². The number of thioether (sulfide) groups is 1. The van der Waals surface area contributed by atoms with E-state index in [0.717, 1.165) is 16.6 Å². The predicted molar refractivity (Wildman–Crippen MR) is 84.9 cm³/mol. The Morgan fingerprint density at radius 2 is 1.68 bits per heavy atom. The molecular formula is C17H26OS. The van der Waals surface area contributed by atoms with Gasteiger partial charge >= 0.3 is 0 Å². The third-order valence-electron chi connectivity index (χ3n) is 4.28. The van der Waals surface area contributed by atoms with Crippen LogP contribution < -0.4 is 0 Å². The van der Waals surface area contributed by atoms with Gasteiger partial charge in [-0.2, -0.15) is 11.8 Å². The minimum absolute atomic E-state index is 0.314. The van der Waals surface area contributed by atoms with Gasteiger partial charge in [-0.15, -0.1) is 0 Å². The predicted octanol–water partition coefficient (Wildman–Crippen LogP) is 4.71. The maximum atomic E-state index is 10.4. The standard InChI is InChI=1S/C17H26OS/c1-12-9-14(3)16(10-13(12)2)17(18)11-19-15-7-5-4-6-8-15/h9-10,15,17-18H,4-8,11H2,1-3H3. The zero-order chi connectivity index (χ0) is 13.8. The Bertz CT molecular complexity index is 422. The molecule has 1 N–H and O–H groups in total. The largest absolute Gasteiger partial charge is 0.388 e. The molecule has 1 saturated carbocycles. The Hall–Kier alpha value is -0.470. The number of benzene rings is 1. The lowest BCUT2D eigenvalue weighted by molar-refractivity contribution is 0.203. The molecule has 2 heteroatoms. The van der Waals surface area contributed by atoms with Crippen LogP contribution in [0, 0.1) is 20.8 Å². The molecule has 1 aromatic rings. The van der Waals surface area contributed by atoms with Gasteiger partial charge in [-0.25, -0.2) is 0 Å². The van der Waals surface area contributed by atoms with E-state index in [4.69, 9.17) is 0 Å². The maximum absolute atomic E-state index is 10.4. The van der Waals surface area contributed by atoms with Crippen molar-refractivity contribution in [3.63, 3.8) is 0 Å². The van der Waals surface area contributed by atoms with Gasteiger partial charge in [-0.05, 0) is 55.9 Å². The molecule has 0 radical (unpaired) electrons. The second-order valence-electron chi connectivity index (χ2n) is 5.90. The summed E-state index contributed by atoms with van der Waals surface area (Å²) in [7, 11) is 0. The van der Waals surface area contributed by atoms with Crippen molar-refractivity contribution in [3.8, 4) is 0 Å². The van der Waals surface area contributed by atoms with Gasteiger partial charge in [0.15, 0.2) is 0 Å². The zero-order valence-corrected chi connectivity index (χ0v) is 13.2. The lowest BCUT2D eigenvalue weighted by Gasteiger charge is -2.23. The van der Waals surface area contributed by atoms with Crippen LogP contribution in [0.3, 0.4) is 0 Å². The smallest absolute Gasteiger partial charge is 0.0883 e. The van der Waals surface area contributed by atoms with Crippen molar-refractivity contribution in [1.29, 1.82) is 0 Å². The Kier molecular flexibility index (Phi) is 5.35. The topological polar surface area (TPSA) is 20.2 Å². The number of aliphatic hydroxyl groups is 1. The van der Waals surface area contributed by atoms with Gasteiger partial charge in [-0.1, -0.05) is 31.4 Å². The molecule has 0 spiro atoms. The number of aliphatic hydroxyl groups excluding tert-OH is 1. The van der Waals surface area contributed by atoms with Crippen molar-refractivity contribution in [2.24, 2.45) is 0 Å². The molecule has 1 fully saturated rings. The Labute approximate surface area is 121 Å². The molecule has 0 amide bonds. The van der Waals surface area contributed by atoms with E-state index in [9.17, 15) is 5.11 Å². The summed E-state index contributed by atoms with van der Waals surface area (Å²) in [5, 5.41) is 11.2. The van der Waals surface area contributed by atoms with Crippen molar-refractivity contribution in [2.75, 3.05) is 5.75 Å². The summed E-state index contributed by atoms with van der Waals surface area (Å²) in [6.45, 7) is 6.37. The van der Waals surface area contributed by atoms with Gasteiger partial charge in [-0.3, -0.25) is 0 Å². The SMILES string of the molecule is Cc1cc(C)c(C(O)CSC2CCCCC2)cc1C. The molecule has 1 aliphatic rings. The fourth-order valence-electron chi connectivity index (χ4n) is 2.89. The summed E-state index contributed by atoms with van der Waals surface area (Å²) in [6, 6.07) is 4.36. The van der Waals surface area contributed by atoms with E-state index >= 15 is 0 Å². The highest BCUT2D eigenvalue weighted by molar-refractivity contribution is 7.99. The van der Waals surface area contributed by atoms with E-state index in [0.29, 0.717) is 0 Å². The van der Waals surface area contributed by atoms with Gasteiger partial charge in [0, 0.05) is 11.0 Å². The lowest BCUT2D eigenvalue weighted by Crippen LogP contribution is -2.12. The highest BCUT2D eigenvalue weighted by Crippen LogP contribution is 2.32. The van der Waals surface area contributed by atoms with E-state index in [1.54, 1.807) is 0 Å². The molecule has 1 nitrogen and oxygen atoms in total. The zero-order valence-electron chi connectivity index (χ0n) is 12.4. The monoisotopic (exact) mass is 278 g/mol. The average molecular weight is 278 g/mol. The molecule has 2 rings (SSSR count). The first-order chi connectivity index (χ1) is 9.08. The van der Waals surface area contributed by atoms with Crippen LogP contribution in [0.2, 0.25) is 0 Å². The molecule has 19 heavy (non-hydrogen) atoms. The minimum Gasteiger partial charge on any atom is -0.388 e. The summed E-state index contributed by atoms with van der Waals surface area (Å²) >= 11 is 1.97. The first-order valence-corrected chi connectivity index (χ1v) is 8.50. The van der Waals surface area contributed by atoms with E-state index in [1.807, 2.05) is 11.8 Å². The second kappa shape index (κ2) is 6.81. The van der Waals surface area contributed by atoms with Crippen LogP contribution >= 0.6 is 11.8 Å². The Morgan fingerprint density at radius 1 is 1.05 bits per heavy atom. The molecule has 0 bridgehead atoms.